The molecule has 0 unspecified atom stereocenters. The fraction of sp³-hybridized carbons (Fsp3) is 0.423. The number of pyridine rings is 2. The smallest absolute Gasteiger partial charge is 0.229 e. The molecule has 32 heavy (non-hydrogen) atoms. The summed E-state index contributed by atoms with van der Waals surface area (Å²) >= 11 is 0. The molecule has 0 bridgehead atoms. The predicted octanol–water partition coefficient (Wildman–Crippen LogP) is 3.88. The maximum absolute atomic E-state index is 12.0. The van der Waals surface area contributed by atoms with Crippen molar-refractivity contribution in [2.24, 2.45) is 5.73 Å². The van der Waals surface area contributed by atoms with Crippen molar-refractivity contribution >= 4 is 22.5 Å². The standard InChI is InChI=1S/C26H30N4O2/c27-25(32)26(10-11-26)23-16-18(9-13-28-23)17-7-8-22-20(15-17)24(29-12-3-4-14-31)19-5-1-2-6-21(19)30-22/h7-9,13,15-16,31H,1-6,10-12,14H2,(H2,27,32)(H,29,30). The van der Waals surface area contributed by atoms with Crippen molar-refractivity contribution in [1.29, 1.82) is 0 Å². The third kappa shape index (κ3) is 3.73. The van der Waals surface area contributed by atoms with E-state index in [2.05, 4.69) is 28.5 Å². The van der Waals surface area contributed by atoms with Gasteiger partial charge in [0.25, 0.3) is 0 Å². The molecule has 6 heteroatoms. The van der Waals surface area contributed by atoms with Crippen LogP contribution in [-0.2, 0) is 23.1 Å². The number of unbranched alkanes of at least 4 members (excludes halogenated alkanes) is 1. The lowest BCUT2D eigenvalue weighted by molar-refractivity contribution is -0.120. The number of aromatic nitrogens is 2. The first-order valence-corrected chi connectivity index (χ1v) is 11.7. The molecular formula is C26H30N4O2. The zero-order valence-electron chi connectivity index (χ0n) is 18.4. The lowest BCUT2D eigenvalue weighted by Gasteiger charge is -2.22. The summed E-state index contributed by atoms with van der Waals surface area (Å²) < 4.78 is 0. The number of benzene rings is 1. The van der Waals surface area contributed by atoms with Crippen LogP contribution in [0.25, 0.3) is 22.0 Å². The number of amides is 1. The van der Waals surface area contributed by atoms with Gasteiger partial charge in [0.1, 0.15) is 0 Å². The van der Waals surface area contributed by atoms with Gasteiger partial charge in [-0.2, -0.15) is 0 Å². The van der Waals surface area contributed by atoms with Gasteiger partial charge in [-0.25, -0.2) is 0 Å². The van der Waals surface area contributed by atoms with E-state index in [1.54, 1.807) is 6.20 Å². The second kappa shape index (κ2) is 8.51. The van der Waals surface area contributed by atoms with Crippen LogP contribution in [0.15, 0.2) is 36.5 Å². The summed E-state index contributed by atoms with van der Waals surface area (Å²) in [6.45, 7) is 1.05. The van der Waals surface area contributed by atoms with Gasteiger partial charge < -0.3 is 16.2 Å². The number of aliphatic hydroxyl groups excluding tert-OH is 1. The van der Waals surface area contributed by atoms with Crippen LogP contribution in [-0.4, -0.2) is 34.1 Å². The minimum absolute atomic E-state index is 0.220. The number of carbonyl (C=O) groups is 1. The Hall–Kier alpha value is -2.99. The second-order valence-electron chi connectivity index (χ2n) is 9.08. The first-order chi connectivity index (χ1) is 15.6. The third-order valence-electron chi connectivity index (χ3n) is 6.95. The molecule has 2 aliphatic rings. The zero-order chi connectivity index (χ0) is 22.1. The Morgan fingerprint density at radius 2 is 1.91 bits per heavy atom. The number of rotatable bonds is 8. The number of nitrogens with zero attached hydrogens (tertiary/aromatic N) is 2. The number of fused-ring (bicyclic) bond motifs is 2. The highest BCUT2D eigenvalue weighted by Gasteiger charge is 2.51. The van der Waals surface area contributed by atoms with Crippen LogP contribution in [0.1, 0.15) is 55.5 Å². The number of hydrogen-bond acceptors (Lipinski definition) is 5. The van der Waals surface area contributed by atoms with Gasteiger partial charge in [-0.15, -0.1) is 0 Å². The van der Waals surface area contributed by atoms with Crippen LogP contribution >= 0.6 is 0 Å². The van der Waals surface area contributed by atoms with Gasteiger partial charge in [-0.05, 0) is 92.3 Å². The van der Waals surface area contributed by atoms with E-state index in [9.17, 15) is 4.79 Å². The fourth-order valence-corrected chi connectivity index (χ4v) is 4.88. The number of carbonyl (C=O) groups excluding carboxylic acids is 1. The van der Waals surface area contributed by atoms with Gasteiger partial charge in [-0.3, -0.25) is 14.8 Å². The van der Waals surface area contributed by atoms with Crippen molar-refractivity contribution in [3.05, 3.63) is 53.5 Å². The molecule has 2 heterocycles. The summed E-state index contributed by atoms with van der Waals surface area (Å²) in [5, 5.41) is 13.9. The minimum atomic E-state index is -0.590. The van der Waals surface area contributed by atoms with Crippen LogP contribution in [0.2, 0.25) is 0 Å². The van der Waals surface area contributed by atoms with Gasteiger partial charge in [0, 0.05) is 36.1 Å². The zero-order valence-corrected chi connectivity index (χ0v) is 18.4. The quantitative estimate of drug-likeness (QED) is 0.471. The summed E-state index contributed by atoms with van der Waals surface area (Å²) in [5.74, 6) is -0.286. The first-order valence-electron chi connectivity index (χ1n) is 11.7. The lowest BCUT2D eigenvalue weighted by atomic mass is 9.91. The summed E-state index contributed by atoms with van der Waals surface area (Å²) in [6.07, 6.45) is 9.50. The van der Waals surface area contributed by atoms with Gasteiger partial charge >= 0.3 is 0 Å². The summed E-state index contributed by atoms with van der Waals surface area (Å²) in [4.78, 5) is 21.4. The van der Waals surface area contributed by atoms with E-state index in [-0.39, 0.29) is 12.5 Å². The summed E-state index contributed by atoms with van der Waals surface area (Å²) in [6, 6.07) is 10.4. The number of nitrogens with two attached hydrogens (primary N) is 1. The Morgan fingerprint density at radius 3 is 2.69 bits per heavy atom. The van der Waals surface area contributed by atoms with Crippen molar-refractivity contribution < 1.29 is 9.90 Å². The van der Waals surface area contributed by atoms with Crippen LogP contribution < -0.4 is 11.1 Å². The number of anilines is 1. The molecule has 1 aromatic carbocycles. The third-order valence-corrected chi connectivity index (χ3v) is 6.95. The van der Waals surface area contributed by atoms with Gasteiger partial charge in [0.2, 0.25) is 5.91 Å². The highest BCUT2D eigenvalue weighted by molar-refractivity contribution is 5.96. The molecule has 4 N–H and O–H groups in total. The number of aryl methyl sites for hydroxylation is 1. The molecule has 0 spiro atoms. The number of nitrogens with one attached hydrogen (secondary N) is 1. The molecule has 5 rings (SSSR count). The Balaban J connectivity index is 1.57. The Kier molecular flexibility index (Phi) is 5.55. The average Bonchev–Trinajstić information content (AvgIpc) is 3.63. The van der Waals surface area contributed by atoms with Crippen molar-refractivity contribution in [3.8, 4) is 11.1 Å². The van der Waals surface area contributed by atoms with Crippen LogP contribution in [0.3, 0.4) is 0 Å². The van der Waals surface area contributed by atoms with E-state index < -0.39 is 5.41 Å². The average molecular weight is 431 g/mol. The predicted molar refractivity (Wildman–Crippen MR) is 127 cm³/mol. The first kappa shape index (κ1) is 20.9. The SMILES string of the molecule is NC(=O)C1(c2cc(-c3ccc4nc5c(c(NCCCCO)c4c3)CCCC5)ccn2)CC1. The molecule has 3 aromatic rings. The van der Waals surface area contributed by atoms with Crippen LogP contribution in [0, 0.1) is 0 Å². The summed E-state index contributed by atoms with van der Waals surface area (Å²) in [5.41, 5.74) is 12.7. The second-order valence-corrected chi connectivity index (χ2v) is 9.08. The minimum Gasteiger partial charge on any atom is -0.396 e. The van der Waals surface area contributed by atoms with Gasteiger partial charge in [0.15, 0.2) is 0 Å². The molecule has 2 aliphatic carbocycles. The van der Waals surface area contributed by atoms with Crippen molar-refractivity contribution in [2.45, 2.75) is 56.8 Å². The van der Waals surface area contributed by atoms with E-state index in [1.807, 2.05) is 12.1 Å². The molecular weight excluding hydrogens is 400 g/mol. The molecule has 0 radical (unpaired) electrons. The highest BCUT2D eigenvalue weighted by Crippen LogP contribution is 2.47. The molecule has 2 aromatic heterocycles. The Labute approximate surface area is 188 Å². The molecule has 1 fully saturated rings. The van der Waals surface area contributed by atoms with Crippen LogP contribution in [0.5, 0.6) is 0 Å². The molecule has 166 valence electrons. The Morgan fingerprint density at radius 1 is 1.09 bits per heavy atom. The molecule has 1 saturated carbocycles. The monoisotopic (exact) mass is 430 g/mol. The molecule has 6 nitrogen and oxygen atoms in total. The van der Waals surface area contributed by atoms with Crippen LogP contribution in [0.4, 0.5) is 5.69 Å². The van der Waals surface area contributed by atoms with Gasteiger partial charge in [0.05, 0.1) is 16.6 Å². The van der Waals surface area contributed by atoms with Crippen molar-refractivity contribution in [1.82, 2.24) is 9.97 Å². The molecule has 1 amide bonds. The van der Waals surface area contributed by atoms with Crippen molar-refractivity contribution in [2.75, 3.05) is 18.5 Å². The number of hydrogen-bond donors (Lipinski definition) is 3. The Bertz CT molecular complexity index is 1170. The van der Waals surface area contributed by atoms with E-state index >= 15 is 0 Å². The summed E-state index contributed by atoms with van der Waals surface area (Å²) in [7, 11) is 0. The van der Waals surface area contributed by atoms with Crippen molar-refractivity contribution in [3.63, 3.8) is 0 Å². The normalized spacial score (nSPS) is 16.5. The van der Waals surface area contributed by atoms with E-state index in [0.717, 1.165) is 72.8 Å². The number of primary amides is 1. The van der Waals surface area contributed by atoms with Gasteiger partial charge in [-0.1, -0.05) is 6.07 Å². The maximum atomic E-state index is 12.0. The van der Waals surface area contributed by atoms with E-state index in [4.69, 9.17) is 15.8 Å². The molecule has 0 atom stereocenters. The topological polar surface area (TPSA) is 101 Å². The van der Waals surface area contributed by atoms with E-state index in [1.165, 1.54) is 29.8 Å². The van der Waals surface area contributed by atoms with E-state index in [0.29, 0.717) is 0 Å². The highest BCUT2D eigenvalue weighted by atomic mass is 16.2. The maximum Gasteiger partial charge on any atom is 0.229 e. The largest absolute Gasteiger partial charge is 0.396 e. The number of aliphatic hydroxyl groups is 1. The fourth-order valence-electron chi connectivity index (χ4n) is 4.88. The molecule has 0 saturated heterocycles. The molecule has 0 aliphatic heterocycles. The lowest BCUT2D eigenvalue weighted by Crippen LogP contribution is -2.29.